The van der Waals surface area contributed by atoms with Crippen LogP contribution in [0.3, 0.4) is 0 Å². The second kappa shape index (κ2) is 4.83. The molecule has 0 atom stereocenters. The van der Waals surface area contributed by atoms with Crippen molar-refractivity contribution in [2.45, 2.75) is 6.42 Å². The maximum atomic E-state index is 13.2. The Morgan fingerprint density at radius 1 is 1.59 bits per heavy atom. The number of halogens is 2. The van der Waals surface area contributed by atoms with Crippen molar-refractivity contribution in [1.82, 2.24) is 4.98 Å². The summed E-state index contributed by atoms with van der Waals surface area (Å²) in [5.41, 5.74) is 0.0778. The lowest BCUT2D eigenvalue weighted by molar-refractivity contribution is 0.0697. The second-order valence-electron chi connectivity index (χ2n) is 3.69. The Morgan fingerprint density at radius 2 is 2.35 bits per heavy atom. The molecular weight excluding hydrogens is 291 g/mol. The van der Waals surface area contributed by atoms with Crippen LogP contribution in [0, 0.1) is 0 Å². The van der Waals surface area contributed by atoms with E-state index in [9.17, 15) is 9.18 Å². The van der Waals surface area contributed by atoms with Gasteiger partial charge in [-0.1, -0.05) is 0 Å². The van der Waals surface area contributed by atoms with Crippen LogP contribution in [0.25, 0.3) is 0 Å². The summed E-state index contributed by atoms with van der Waals surface area (Å²) in [5, 5.41) is 9.09. The fourth-order valence-corrected chi connectivity index (χ4v) is 2.06. The van der Waals surface area contributed by atoms with Crippen molar-refractivity contribution in [3.05, 3.63) is 34.2 Å². The summed E-state index contributed by atoms with van der Waals surface area (Å²) in [4.78, 5) is 16.8. The monoisotopic (exact) mass is 300 g/mol. The maximum absolute atomic E-state index is 13.2. The van der Waals surface area contributed by atoms with Crippen LogP contribution in [0.2, 0.25) is 0 Å². The minimum Gasteiger partial charge on any atom is -0.478 e. The lowest BCUT2D eigenvalue weighted by atomic mass is 10.2. The van der Waals surface area contributed by atoms with Crippen molar-refractivity contribution in [3.63, 3.8) is 0 Å². The number of hydrogen-bond acceptors (Lipinski definition) is 3. The van der Waals surface area contributed by atoms with E-state index in [2.05, 4.69) is 20.9 Å². The van der Waals surface area contributed by atoms with E-state index < -0.39 is 5.97 Å². The standard InChI is InChI=1S/C11H10BrFN2O2/c12-7-4-9(11(16)17)10(14-5-7)15-3-1-2-8(13)6-15/h2,4-5H,1,3,6H2,(H,16,17). The number of anilines is 1. The van der Waals surface area contributed by atoms with E-state index in [1.807, 2.05) is 0 Å². The topological polar surface area (TPSA) is 53.4 Å². The summed E-state index contributed by atoms with van der Waals surface area (Å²) in [5.74, 6) is -1.01. The lowest BCUT2D eigenvalue weighted by Gasteiger charge is -2.26. The zero-order valence-electron chi connectivity index (χ0n) is 8.86. The van der Waals surface area contributed by atoms with Gasteiger partial charge in [0.15, 0.2) is 0 Å². The molecule has 0 fully saturated rings. The number of hydrogen-bond donors (Lipinski definition) is 1. The fraction of sp³-hybridized carbons (Fsp3) is 0.273. The maximum Gasteiger partial charge on any atom is 0.339 e. The van der Waals surface area contributed by atoms with Gasteiger partial charge in [-0.05, 0) is 34.5 Å². The van der Waals surface area contributed by atoms with E-state index in [4.69, 9.17) is 5.11 Å². The number of nitrogens with zero attached hydrogens (tertiary/aromatic N) is 2. The predicted molar refractivity (Wildman–Crippen MR) is 64.9 cm³/mol. The number of carbonyl (C=O) groups is 1. The van der Waals surface area contributed by atoms with E-state index in [0.717, 1.165) is 0 Å². The molecule has 0 saturated heterocycles. The summed E-state index contributed by atoms with van der Waals surface area (Å²) >= 11 is 3.17. The highest BCUT2D eigenvalue weighted by Crippen LogP contribution is 2.24. The van der Waals surface area contributed by atoms with E-state index in [1.54, 1.807) is 4.90 Å². The molecule has 1 aliphatic heterocycles. The molecule has 0 unspecified atom stereocenters. The van der Waals surface area contributed by atoms with Crippen LogP contribution in [0.15, 0.2) is 28.6 Å². The average molecular weight is 301 g/mol. The van der Waals surface area contributed by atoms with Gasteiger partial charge < -0.3 is 10.0 Å². The number of carboxylic acid groups (broad SMARTS) is 1. The Balaban J connectivity index is 2.38. The minimum atomic E-state index is -1.07. The molecule has 2 rings (SSSR count). The molecule has 0 aromatic carbocycles. The van der Waals surface area contributed by atoms with Crippen molar-refractivity contribution < 1.29 is 14.3 Å². The van der Waals surface area contributed by atoms with Crippen molar-refractivity contribution in [3.8, 4) is 0 Å². The van der Waals surface area contributed by atoms with E-state index >= 15 is 0 Å². The third-order valence-electron chi connectivity index (χ3n) is 2.47. The van der Waals surface area contributed by atoms with Gasteiger partial charge in [0.2, 0.25) is 0 Å². The minimum absolute atomic E-state index is 0.0778. The summed E-state index contributed by atoms with van der Waals surface area (Å²) in [6.07, 6.45) is 3.58. The molecule has 90 valence electrons. The SMILES string of the molecule is O=C(O)c1cc(Br)cnc1N1CCC=C(F)C1. The molecule has 1 aromatic rings. The zero-order valence-corrected chi connectivity index (χ0v) is 10.4. The molecule has 0 aliphatic carbocycles. The summed E-state index contributed by atoms with van der Waals surface area (Å²) in [6, 6.07) is 1.47. The Hall–Kier alpha value is -1.43. The van der Waals surface area contributed by atoms with Crippen molar-refractivity contribution in [1.29, 1.82) is 0 Å². The second-order valence-corrected chi connectivity index (χ2v) is 4.61. The molecule has 0 saturated carbocycles. The van der Waals surface area contributed by atoms with Crippen LogP contribution in [-0.4, -0.2) is 29.1 Å². The van der Waals surface area contributed by atoms with Crippen LogP contribution < -0.4 is 4.90 Å². The highest BCUT2D eigenvalue weighted by molar-refractivity contribution is 9.10. The van der Waals surface area contributed by atoms with Crippen LogP contribution >= 0.6 is 15.9 Å². The number of aromatic nitrogens is 1. The van der Waals surface area contributed by atoms with Gasteiger partial charge in [0.1, 0.15) is 17.2 Å². The molecule has 6 heteroatoms. The largest absolute Gasteiger partial charge is 0.478 e. The van der Waals surface area contributed by atoms with E-state index in [0.29, 0.717) is 23.3 Å². The normalized spacial score (nSPS) is 15.6. The molecule has 1 aliphatic rings. The van der Waals surface area contributed by atoms with Gasteiger partial charge >= 0.3 is 5.97 Å². The van der Waals surface area contributed by atoms with Crippen LogP contribution in [0.5, 0.6) is 0 Å². The summed E-state index contributed by atoms with van der Waals surface area (Å²) in [7, 11) is 0. The first-order valence-corrected chi connectivity index (χ1v) is 5.85. The van der Waals surface area contributed by atoms with Crippen molar-refractivity contribution in [2.24, 2.45) is 0 Å². The third-order valence-corrected chi connectivity index (χ3v) is 2.90. The fourth-order valence-electron chi connectivity index (χ4n) is 1.73. The van der Waals surface area contributed by atoms with Gasteiger partial charge in [0.05, 0.1) is 6.54 Å². The first-order chi connectivity index (χ1) is 8.08. The lowest BCUT2D eigenvalue weighted by Crippen LogP contribution is -2.31. The Kier molecular flexibility index (Phi) is 3.42. The Bertz CT molecular complexity index is 490. The Labute approximate surface area is 106 Å². The number of carboxylic acids is 1. The highest BCUT2D eigenvalue weighted by Gasteiger charge is 2.20. The molecule has 1 N–H and O–H groups in total. The van der Waals surface area contributed by atoms with E-state index in [1.165, 1.54) is 18.3 Å². The molecule has 0 bridgehead atoms. The quantitative estimate of drug-likeness (QED) is 0.912. The molecule has 17 heavy (non-hydrogen) atoms. The molecule has 2 heterocycles. The number of rotatable bonds is 2. The van der Waals surface area contributed by atoms with Crippen LogP contribution in [0.1, 0.15) is 16.8 Å². The smallest absolute Gasteiger partial charge is 0.339 e. The first kappa shape index (κ1) is 12.0. The van der Waals surface area contributed by atoms with Crippen LogP contribution in [-0.2, 0) is 0 Å². The van der Waals surface area contributed by atoms with Gasteiger partial charge in [-0.3, -0.25) is 0 Å². The summed E-state index contributed by atoms with van der Waals surface area (Å²) < 4.78 is 13.8. The molecular formula is C11H10BrFN2O2. The molecule has 0 amide bonds. The Morgan fingerprint density at radius 3 is 3.00 bits per heavy atom. The first-order valence-electron chi connectivity index (χ1n) is 5.06. The van der Waals surface area contributed by atoms with Gasteiger partial charge in [-0.25, -0.2) is 14.2 Å². The highest BCUT2D eigenvalue weighted by atomic mass is 79.9. The number of pyridine rings is 1. The third kappa shape index (κ3) is 2.63. The van der Waals surface area contributed by atoms with Gasteiger partial charge in [-0.2, -0.15) is 0 Å². The van der Waals surface area contributed by atoms with Gasteiger partial charge in [0, 0.05) is 17.2 Å². The molecule has 4 nitrogen and oxygen atoms in total. The van der Waals surface area contributed by atoms with Gasteiger partial charge in [-0.15, -0.1) is 0 Å². The van der Waals surface area contributed by atoms with Crippen molar-refractivity contribution in [2.75, 3.05) is 18.0 Å². The van der Waals surface area contributed by atoms with E-state index in [-0.39, 0.29) is 17.9 Å². The number of aromatic carboxylic acids is 1. The van der Waals surface area contributed by atoms with Crippen LogP contribution in [0.4, 0.5) is 10.2 Å². The zero-order chi connectivity index (χ0) is 12.4. The molecule has 0 spiro atoms. The molecule has 1 aromatic heterocycles. The summed E-state index contributed by atoms with van der Waals surface area (Å²) in [6.45, 7) is 0.650. The molecule has 0 radical (unpaired) electrons. The average Bonchev–Trinajstić information content (AvgIpc) is 2.28. The van der Waals surface area contributed by atoms with Gasteiger partial charge in [0.25, 0.3) is 0 Å². The van der Waals surface area contributed by atoms with Crippen molar-refractivity contribution >= 4 is 27.7 Å². The predicted octanol–water partition coefficient (Wildman–Crippen LogP) is 2.61.